The van der Waals surface area contributed by atoms with Gasteiger partial charge in [0.2, 0.25) is 15.9 Å². The van der Waals surface area contributed by atoms with Gasteiger partial charge in [-0.05, 0) is 62.3 Å². The molecule has 0 aromatic heterocycles. The fourth-order valence-electron chi connectivity index (χ4n) is 4.87. The third-order valence-corrected chi connectivity index (χ3v) is 8.21. The van der Waals surface area contributed by atoms with Crippen molar-refractivity contribution in [3.63, 3.8) is 0 Å². The standard InChI is InChI=1S/C20H28N2O4S/c1-2-22-19(23)8-11-21(15-20(22)9-12-26-13-10-20)27(24,25)18-7-6-16-4-3-5-17(16)14-18/h6-7,14H,2-5,8-13,15H2,1H3. The number of benzene rings is 1. The van der Waals surface area contributed by atoms with Crippen molar-refractivity contribution in [1.82, 2.24) is 9.21 Å². The number of hydrogen-bond donors (Lipinski definition) is 0. The van der Waals surface area contributed by atoms with Gasteiger partial charge in [0.1, 0.15) is 0 Å². The number of ether oxygens (including phenoxy) is 1. The van der Waals surface area contributed by atoms with E-state index in [9.17, 15) is 13.2 Å². The third-order valence-electron chi connectivity index (χ3n) is 6.37. The van der Waals surface area contributed by atoms with Gasteiger partial charge in [0.25, 0.3) is 0 Å². The van der Waals surface area contributed by atoms with Gasteiger partial charge < -0.3 is 9.64 Å². The molecule has 1 aromatic rings. The predicted molar refractivity (Wildman–Crippen MR) is 102 cm³/mol. The number of sulfonamides is 1. The van der Waals surface area contributed by atoms with E-state index in [0.29, 0.717) is 44.0 Å². The molecule has 0 radical (unpaired) electrons. The molecule has 2 saturated heterocycles. The van der Waals surface area contributed by atoms with E-state index in [1.54, 1.807) is 10.4 Å². The van der Waals surface area contributed by atoms with Gasteiger partial charge in [-0.25, -0.2) is 8.42 Å². The number of amides is 1. The number of carbonyl (C=O) groups excluding carboxylic acids is 1. The molecule has 0 bridgehead atoms. The van der Waals surface area contributed by atoms with Crippen molar-refractivity contribution in [2.24, 2.45) is 0 Å². The summed E-state index contributed by atoms with van der Waals surface area (Å²) in [5.74, 6) is 0.0473. The molecule has 0 N–H and O–H groups in total. The van der Waals surface area contributed by atoms with Crippen LogP contribution < -0.4 is 0 Å². The molecule has 1 spiro atoms. The molecule has 1 aliphatic carbocycles. The summed E-state index contributed by atoms with van der Waals surface area (Å²) in [6.07, 6.45) is 4.67. The minimum atomic E-state index is -3.62. The highest BCUT2D eigenvalue weighted by Gasteiger charge is 2.46. The molecule has 1 amide bonds. The Hall–Kier alpha value is -1.44. The summed E-state index contributed by atoms with van der Waals surface area (Å²) in [4.78, 5) is 15.0. The zero-order chi connectivity index (χ0) is 19.1. The Balaban J connectivity index is 1.68. The molecule has 4 rings (SSSR count). The van der Waals surface area contributed by atoms with Crippen LogP contribution in [-0.4, -0.2) is 61.9 Å². The van der Waals surface area contributed by atoms with Crippen LogP contribution in [0.5, 0.6) is 0 Å². The first-order valence-corrected chi connectivity index (χ1v) is 11.4. The Bertz CT molecular complexity index is 830. The highest BCUT2D eigenvalue weighted by molar-refractivity contribution is 7.89. The number of rotatable bonds is 3. The lowest BCUT2D eigenvalue weighted by Gasteiger charge is -2.46. The fourth-order valence-corrected chi connectivity index (χ4v) is 6.44. The fraction of sp³-hybridized carbons (Fsp3) is 0.650. The minimum Gasteiger partial charge on any atom is -0.381 e. The molecule has 2 aliphatic heterocycles. The van der Waals surface area contributed by atoms with Crippen molar-refractivity contribution in [3.8, 4) is 0 Å². The van der Waals surface area contributed by atoms with E-state index in [1.807, 2.05) is 24.0 Å². The molecule has 1 aromatic carbocycles. The molecule has 3 aliphatic rings. The van der Waals surface area contributed by atoms with Crippen LogP contribution in [0.2, 0.25) is 0 Å². The molecule has 2 fully saturated rings. The number of nitrogens with zero attached hydrogens (tertiary/aromatic N) is 2. The summed E-state index contributed by atoms with van der Waals surface area (Å²) in [5, 5.41) is 0. The Kier molecular flexibility index (Phi) is 5.03. The third kappa shape index (κ3) is 3.30. The Labute approximate surface area is 161 Å². The largest absolute Gasteiger partial charge is 0.381 e. The van der Waals surface area contributed by atoms with Crippen LogP contribution in [0.1, 0.15) is 43.7 Å². The van der Waals surface area contributed by atoms with Crippen LogP contribution in [0.4, 0.5) is 0 Å². The van der Waals surface area contributed by atoms with Gasteiger partial charge in [0.05, 0.1) is 10.4 Å². The lowest BCUT2D eigenvalue weighted by molar-refractivity contribution is -0.139. The number of carbonyl (C=O) groups is 1. The average molecular weight is 393 g/mol. The van der Waals surface area contributed by atoms with Gasteiger partial charge in [-0.1, -0.05) is 6.07 Å². The van der Waals surface area contributed by atoms with Crippen LogP contribution in [-0.2, 0) is 32.4 Å². The quantitative estimate of drug-likeness (QED) is 0.789. The lowest BCUT2D eigenvalue weighted by atomic mass is 9.88. The van der Waals surface area contributed by atoms with E-state index >= 15 is 0 Å². The van der Waals surface area contributed by atoms with Gasteiger partial charge in [-0.3, -0.25) is 4.79 Å². The smallest absolute Gasteiger partial charge is 0.243 e. The summed E-state index contributed by atoms with van der Waals surface area (Å²) < 4.78 is 33.9. The van der Waals surface area contributed by atoms with Gasteiger partial charge in [0, 0.05) is 39.3 Å². The van der Waals surface area contributed by atoms with Crippen LogP contribution in [0.3, 0.4) is 0 Å². The minimum absolute atomic E-state index is 0.0473. The van der Waals surface area contributed by atoms with Crippen molar-refractivity contribution < 1.29 is 17.9 Å². The molecule has 0 unspecified atom stereocenters. The zero-order valence-electron chi connectivity index (χ0n) is 15.9. The Morgan fingerprint density at radius 1 is 1.11 bits per heavy atom. The summed E-state index contributed by atoms with van der Waals surface area (Å²) in [6.45, 7) is 4.31. The molecule has 6 nitrogen and oxygen atoms in total. The van der Waals surface area contributed by atoms with Gasteiger partial charge in [-0.15, -0.1) is 0 Å². The second-order valence-corrected chi connectivity index (χ2v) is 9.79. The van der Waals surface area contributed by atoms with Crippen molar-refractivity contribution in [2.45, 2.75) is 55.9 Å². The maximum absolute atomic E-state index is 13.4. The zero-order valence-corrected chi connectivity index (χ0v) is 16.8. The van der Waals surface area contributed by atoms with Gasteiger partial charge >= 0.3 is 0 Å². The normalized spacial score (nSPS) is 23.4. The average Bonchev–Trinajstić information content (AvgIpc) is 3.09. The molecular weight excluding hydrogens is 364 g/mol. The highest BCUT2D eigenvalue weighted by atomic mass is 32.2. The van der Waals surface area contributed by atoms with Gasteiger partial charge in [0.15, 0.2) is 0 Å². The summed E-state index contributed by atoms with van der Waals surface area (Å²) in [6, 6.07) is 5.54. The van der Waals surface area contributed by atoms with Crippen molar-refractivity contribution >= 4 is 15.9 Å². The number of likely N-dealkylation sites (N-methyl/N-ethyl adjacent to an activating group) is 1. The topological polar surface area (TPSA) is 66.9 Å². The van der Waals surface area contributed by atoms with E-state index in [0.717, 1.165) is 24.8 Å². The first kappa shape index (κ1) is 18.9. The van der Waals surface area contributed by atoms with Crippen LogP contribution in [0, 0.1) is 0 Å². The summed E-state index contributed by atoms with van der Waals surface area (Å²) in [5.41, 5.74) is 1.96. The van der Waals surface area contributed by atoms with E-state index < -0.39 is 15.6 Å². The van der Waals surface area contributed by atoms with E-state index in [1.165, 1.54) is 5.56 Å². The van der Waals surface area contributed by atoms with Gasteiger partial charge in [-0.2, -0.15) is 4.31 Å². The second kappa shape index (κ2) is 7.18. The molecule has 148 valence electrons. The molecule has 0 atom stereocenters. The predicted octanol–water partition coefficient (Wildman–Crippen LogP) is 1.97. The van der Waals surface area contributed by atoms with Crippen molar-refractivity contribution in [1.29, 1.82) is 0 Å². The number of hydrogen-bond acceptors (Lipinski definition) is 4. The maximum atomic E-state index is 13.4. The summed E-state index contributed by atoms with van der Waals surface area (Å²) in [7, 11) is -3.62. The van der Waals surface area contributed by atoms with Crippen LogP contribution in [0.25, 0.3) is 0 Å². The monoisotopic (exact) mass is 392 g/mol. The number of fused-ring (bicyclic) bond motifs is 1. The molecule has 0 saturated carbocycles. The van der Waals surface area contributed by atoms with E-state index in [-0.39, 0.29) is 18.9 Å². The Morgan fingerprint density at radius 3 is 2.59 bits per heavy atom. The SMILES string of the molecule is CCN1C(=O)CCN(S(=O)(=O)c2ccc3c(c2)CCC3)CC12CCOCC2. The molecule has 27 heavy (non-hydrogen) atoms. The lowest BCUT2D eigenvalue weighted by Crippen LogP contribution is -2.58. The molecule has 7 heteroatoms. The van der Waals surface area contributed by atoms with E-state index in [4.69, 9.17) is 4.74 Å². The first-order valence-electron chi connectivity index (χ1n) is 9.96. The number of aryl methyl sites for hydroxylation is 2. The van der Waals surface area contributed by atoms with Crippen LogP contribution in [0.15, 0.2) is 23.1 Å². The van der Waals surface area contributed by atoms with Crippen molar-refractivity contribution in [3.05, 3.63) is 29.3 Å². The van der Waals surface area contributed by atoms with Crippen LogP contribution >= 0.6 is 0 Å². The molecule has 2 heterocycles. The molecular formula is C20H28N2O4S. The van der Waals surface area contributed by atoms with Crippen molar-refractivity contribution in [2.75, 3.05) is 32.8 Å². The second-order valence-electron chi connectivity index (χ2n) is 7.85. The Morgan fingerprint density at radius 2 is 1.85 bits per heavy atom. The van der Waals surface area contributed by atoms with E-state index in [2.05, 4.69) is 0 Å². The maximum Gasteiger partial charge on any atom is 0.243 e. The first-order chi connectivity index (χ1) is 13.0. The summed E-state index contributed by atoms with van der Waals surface area (Å²) >= 11 is 0. The highest BCUT2D eigenvalue weighted by Crippen LogP contribution is 2.34.